The molecule has 6 nitrogen and oxygen atoms in total. The Balaban J connectivity index is 1.56. The molecule has 0 bridgehead atoms. The van der Waals surface area contributed by atoms with Crippen LogP contribution in [0, 0.1) is 0 Å². The predicted molar refractivity (Wildman–Crippen MR) is 121 cm³/mol. The van der Waals surface area contributed by atoms with Gasteiger partial charge in [0.1, 0.15) is 11.1 Å². The molecule has 162 valence electrons. The summed E-state index contributed by atoms with van der Waals surface area (Å²) in [5, 5.41) is 5.53. The zero-order chi connectivity index (χ0) is 22.2. The van der Waals surface area contributed by atoms with Gasteiger partial charge in [-0.15, -0.1) is 0 Å². The van der Waals surface area contributed by atoms with Crippen molar-refractivity contribution >= 4 is 23.3 Å². The van der Waals surface area contributed by atoms with Gasteiger partial charge in [-0.3, -0.25) is 4.79 Å². The molecule has 1 atom stereocenters. The number of carbonyl (C=O) groups is 2. The summed E-state index contributed by atoms with van der Waals surface area (Å²) in [5.41, 5.74) is 2.78. The maximum Gasteiger partial charge on any atom is 0.410 e. The highest BCUT2D eigenvalue weighted by Crippen LogP contribution is 2.34. The summed E-state index contributed by atoms with van der Waals surface area (Å²) in [6.07, 6.45) is 4.48. The largest absolute Gasteiger partial charge is 0.444 e. The molecular weight excluding hydrogens is 390 g/mol. The minimum atomic E-state index is -0.496. The van der Waals surface area contributed by atoms with E-state index in [2.05, 4.69) is 24.2 Å². The average Bonchev–Trinajstić information content (AvgIpc) is 3.17. The van der Waals surface area contributed by atoms with E-state index in [9.17, 15) is 9.59 Å². The zero-order valence-electron chi connectivity index (χ0n) is 18.6. The Morgan fingerprint density at radius 3 is 2.58 bits per heavy atom. The molecule has 1 unspecified atom stereocenters. The van der Waals surface area contributed by atoms with Crippen LogP contribution in [0.1, 0.15) is 56.5 Å². The fourth-order valence-corrected chi connectivity index (χ4v) is 4.27. The average molecular weight is 420 g/mol. The van der Waals surface area contributed by atoms with Gasteiger partial charge in [0, 0.05) is 35.7 Å². The molecule has 0 spiro atoms. The number of hydrogen-bond acceptors (Lipinski definition) is 4. The Bertz CT molecular complexity index is 1110. The van der Waals surface area contributed by atoms with Gasteiger partial charge < -0.3 is 9.64 Å². The normalized spacial score (nSPS) is 19.4. The predicted octanol–water partition coefficient (Wildman–Crippen LogP) is 5.13. The van der Waals surface area contributed by atoms with Crippen molar-refractivity contribution in [3.8, 4) is 5.69 Å². The third-order valence-corrected chi connectivity index (χ3v) is 5.87. The molecule has 2 aromatic carbocycles. The van der Waals surface area contributed by atoms with Gasteiger partial charge in [-0.2, -0.15) is 5.10 Å². The molecule has 6 heteroatoms. The lowest BCUT2D eigenvalue weighted by molar-refractivity contribution is 0.0146. The highest BCUT2D eigenvalue weighted by molar-refractivity contribution is 5.95. The van der Waals surface area contributed by atoms with Crippen molar-refractivity contribution in [2.45, 2.75) is 51.6 Å². The van der Waals surface area contributed by atoms with Crippen LogP contribution in [0.25, 0.3) is 16.6 Å². The molecule has 0 saturated carbocycles. The number of ether oxygens (including phenoxy) is 1. The first-order chi connectivity index (χ1) is 14.7. The third-order valence-electron chi connectivity index (χ3n) is 5.87. The van der Waals surface area contributed by atoms with Crippen molar-refractivity contribution in [1.82, 2.24) is 14.7 Å². The first-order valence-corrected chi connectivity index (χ1v) is 10.7. The first-order valence-electron chi connectivity index (χ1n) is 10.7. The number of benzene rings is 2. The van der Waals surface area contributed by atoms with Crippen LogP contribution in [0.3, 0.4) is 0 Å². The molecule has 0 radical (unpaired) electrons. The quantitative estimate of drug-likeness (QED) is 0.552. The van der Waals surface area contributed by atoms with Crippen molar-refractivity contribution in [3.05, 3.63) is 59.8 Å². The zero-order valence-corrected chi connectivity index (χ0v) is 18.6. The van der Waals surface area contributed by atoms with Crippen LogP contribution in [0.4, 0.5) is 4.79 Å². The summed E-state index contributed by atoms with van der Waals surface area (Å²) >= 11 is 0. The number of aromatic nitrogens is 2. The number of rotatable bonds is 3. The number of nitrogens with zero attached hydrogens (tertiary/aromatic N) is 3. The van der Waals surface area contributed by atoms with Gasteiger partial charge in [0.25, 0.3) is 0 Å². The fourth-order valence-electron chi connectivity index (χ4n) is 4.27. The number of carbonyl (C=O) groups excluding carboxylic acids is 2. The number of fused-ring (bicyclic) bond motifs is 1. The molecule has 1 aliphatic rings. The number of aldehydes is 1. The van der Waals surface area contributed by atoms with Crippen molar-refractivity contribution in [1.29, 1.82) is 0 Å². The summed E-state index contributed by atoms with van der Waals surface area (Å²) in [4.78, 5) is 25.7. The summed E-state index contributed by atoms with van der Waals surface area (Å²) in [6.45, 7) is 9.24. The van der Waals surface area contributed by atoms with Crippen molar-refractivity contribution in [3.63, 3.8) is 0 Å². The molecule has 0 N–H and O–H groups in total. The molecule has 31 heavy (non-hydrogen) atoms. The molecule has 0 aliphatic carbocycles. The summed E-state index contributed by atoms with van der Waals surface area (Å²) < 4.78 is 7.38. The molecular formula is C25H29N3O3. The smallest absolute Gasteiger partial charge is 0.410 e. The Morgan fingerprint density at radius 2 is 1.90 bits per heavy atom. The molecule has 3 aromatic rings. The van der Waals surface area contributed by atoms with Gasteiger partial charge in [0.15, 0.2) is 6.29 Å². The van der Waals surface area contributed by atoms with Crippen LogP contribution in [0.15, 0.2) is 48.7 Å². The minimum Gasteiger partial charge on any atom is -0.444 e. The highest BCUT2D eigenvalue weighted by atomic mass is 16.6. The van der Waals surface area contributed by atoms with Gasteiger partial charge in [-0.25, -0.2) is 9.48 Å². The van der Waals surface area contributed by atoms with E-state index in [4.69, 9.17) is 4.74 Å². The molecule has 1 fully saturated rings. The lowest BCUT2D eigenvalue weighted by Gasteiger charge is -2.41. The maximum atomic E-state index is 12.6. The fraction of sp³-hybridized carbons (Fsp3) is 0.400. The summed E-state index contributed by atoms with van der Waals surface area (Å²) in [7, 11) is 0. The van der Waals surface area contributed by atoms with Crippen LogP contribution in [0.2, 0.25) is 0 Å². The van der Waals surface area contributed by atoms with E-state index in [-0.39, 0.29) is 11.5 Å². The van der Waals surface area contributed by atoms with E-state index in [1.165, 1.54) is 5.56 Å². The highest BCUT2D eigenvalue weighted by Gasteiger charge is 2.36. The number of hydrogen-bond donors (Lipinski definition) is 0. The second-order valence-electron chi connectivity index (χ2n) is 9.59. The Labute approximate surface area is 182 Å². The Kier molecular flexibility index (Phi) is 5.33. The van der Waals surface area contributed by atoms with E-state index < -0.39 is 5.60 Å². The van der Waals surface area contributed by atoms with Crippen LogP contribution >= 0.6 is 0 Å². The summed E-state index contributed by atoms with van der Waals surface area (Å²) in [6, 6.07) is 13.9. The van der Waals surface area contributed by atoms with Crippen LogP contribution in [-0.4, -0.2) is 45.8 Å². The van der Waals surface area contributed by atoms with Gasteiger partial charge in [0.2, 0.25) is 0 Å². The van der Waals surface area contributed by atoms with E-state index >= 15 is 0 Å². The minimum absolute atomic E-state index is 0.132. The summed E-state index contributed by atoms with van der Waals surface area (Å²) in [5.74, 6) is 0. The van der Waals surface area contributed by atoms with Crippen LogP contribution < -0.4 is 0 Å². The maximum absolute atomic E-state index is 12.6. The molecule has 1 amide bonds. The number of piperidine rings is 1. The Morgan fingerprint density at radius 1 is 1.16 bits per heavy atom. The SMILES string of the molecule is CC(C)(C)OC(=O)N1CCCC(C)(c2ccc(-n3cc4cccc(C=O)c4n3)cc2)C1. The molecule has 2 heterocycles. The van der Waals surface area contributed by atoms with Gasteiger partial charge >= 0.3 is 6.09 Å². The van der Waals surface area contributed by atoms with Crippen molar-refractivity contribution in [2.24, 2.45) is 0 Å². The van der Waals surface area contributed by atoms with Gasteiger partial charge in [-0.1, -0.05) is 31.2 Å². The monoisotopic (exact) mass is 419 g/mol. The molecule has 4 rings (SSSR count). The number of likely N-dealkylation sites (tertiary alicyclic amines) is 1. The van der Waals surface area contributed by atoms with E-state index in [0.29, 0.717) is 17.6 Å². The van der Waals surface area contributed by atoms with Crippen molar-refractivity contribution < 1.29 is 14.3 Å². The van der Waals surface area contributed by atoms with Crippen molar-refractivity contribution in [2.75, 3.05) is 13.1 Å². The van der Waals surface area contributed by atoms with Crippen LogP contribution in [0.5, 0.6) is 0 Å². The molecule has 1 saturated heterocycles. The second kappa shape index (κ2) is 7.84. The van der Waals surface area contributed by atoms with E-state index in [0.717, 1.165) is 36.7 Å². The number of amides is 1. The third kappa shape index (κ3) is 4.33. The standard InChI is InChI=1S/C25H29N3O3/c1-24(2,3)31-23(30)27-14-6-13-25(4,17-27)20-9-11-21(12-10-20)28-15-18-7-5-8-19(16-29)22(18)26-28/h5,7-12,15-16H,6,13-14,17H2,1-4H3. The van der Waals surface area contributed by atoms with E-state index in [1.54, 1.807) is 10.7 Å². The Hall–Kier alpha value is -3.15. The van der Waals surface area contributed by atoms with Gasteiger partial charge in [-0.05, 0) is 57.4 Å². The lowest BCUT2D eigenvalue weighted by atomic mass is 9.76. The van der Waals surface area contributed by atoms with Crippen LogP contribution in [-0.2, 0) is 10.2 Å². The topological polar surface area (TPSA) is 64.4 Å². The van der Waals surface area contributed by atoms with Gasteiger partial charge in [0.05, 0.1) is 5.69 Å². The second-order valence-corrected chi connectivity index (χ2v) is 9.59. The molecule has 1 aliphatic heterocycles. The lowest BCUT2D eigenvalue weighted by Crippen LogP contribution is -2.48. The van der Waals surface area contributed by atoms with E-state index in [1.807, 2.05) is 56.1 Å². The first kappa shape index (κ1) is 21.1. The molecule has 1 aromatic heterocycles.